The number of rotatable bonds is 4. The SMILES string of the molecule is CC1(c2ncc(CCC(=O)O)o2)CCCO1. The Balaban J connectivity index is 2.04. The quantitative estimate of drug-likeness (QED) is 0.844. The fourth-order valence-electron chi connectivity index (χ4n) is 1.85. The molecule has 0 aliphatic carbocycles. The van der Waals surface area contributed by atoms with Crippen molar-refractivity contribution < 1.29 is 19.1 Å². The number of carbonyl (C=O) groups is 1. The summed E-state index contributed by atoms with van der Waals surface area (Å²) in [6.45, 7) is 2.68. The molecule has 1 unspecified atom stereocenters. The maximum Gasteiger partial charge on any atom is 0.303 e. The number of aliphatic carboxylic acids is 1. The molecule has 1 saturated heterocycles. The minimum Gasteiger partial charge on any atom is -0.481 e. The van der Waals surface area contributed by atoms with Crippen molar-refractivity contribution in [2.75, 3.05) is 6.61 Å². The third kappa shape index (κ3) is 2.24. The number of oxazole rings is 1. The van der Waals surface area contributed by atoms with Crippen molar-refractivity contribution in [1.82, 2.24) is 4.98 Å². The lowest BCUT2D eigenvalue weighted by Crippen LogP contribution is -2.20. The highest BCUT2D eigenvalue weighted by atomic mass is 16.5. The second-order valence-corrected chi connectivity index (χ2v) is 4.21. The summed E-state index contributed by atoms with van der Waals surface area (Å²) in [6, 6.07) is 0. The Hall–Kier alpha value is -1.36. The molecule has 1 fully saturated rings. The van der Waals surface area contributed by atoms with Crippen LogP contribution in [0.1, 0.15) is 37.8 Å². The average molecular weight is 225 g/mol. The molecule has 88 valence electrons. The predicted molar refractivity (Wildman–Crippen MR) is 55.0 cm³/mol. The van der Waals surface area contributed by atoms with Crippen LogP contribution in [0.15, 0.2) is 10.6 Å². The van der Waals surface area contributed by atoms with Crippen molar-refractivity contribution in [1.29, 1.82) is 0 Å². The van der Waals surface area contributed by atoms with E-state index in [2.05, 4.69) is 4.98 Å². The van der Waals surface area contributed by atoms with Gasteiger partial charge in [-0.25, -0.2) is 4.98 Å². The first-order valence-electron chi connectivity index (χ1n) is 5.41. The Labute approximate surface area is 93.4 Å². The summed E-state index contributed by atoms with van der Waals surface area (Å²) in [4.78, 5) is 14.6. The second-order valence-electron chi connectivity index (χ2n) is 4.21. The van der Waals surface area contributed by atoms with Gasteiger partial charge in [-0.2, -0.15) is 0 Å². The van der Waals surface area contributed by atoms with Crippen LogP contribution in [0.25, 0.3) is 0 Å². The van der Waals surface area contributed by atoms with Crippen LogP contribution < -0.4 is 0 Å². The first kappa shape index (κ1) is 11.1. The number of aromatic nitrogens is 1. The smallest absolute Gasteiger partial charge is 0.303 e. The fourth-order valence-corrected chi connectivity index (χ4v) is 1.85. The molecule has 0 saturated carbocycles. The molecule has 0 radical (unpaired) electrons. The van der Waals surface area contributed by atoms with Gasteiger partial charge in [0.05, 0.1) is 12.6 Å². The van der Waals surface area contributed by atoms with Crippen LogP contribution in [-0.4, -0.2) is 22.7 Å². The molecule has 0 bridgehead atoms. The Bertz CT molecular complexity index is 379. The minimum absolute atomic E-state index is 0.0617. The zero-order valence-electron chi connectivity index (χ0n) is 9.23. The van der Waals surface area contributed by atoms with Crippen LogP contribution in [-0.2, 0) is 21.6 Å². The number of hydrogen-bond donors (Lipinski definition) is 1. The summed E-state index contributed by atoms with van der Waals surface area (Å²) in [5.74, 6) is 0.334. The van der Waals surface area contributed by atoms with Crippen LogP contribution in [0.4, 0.5) is 0 Å². The van der Waals surface area contributed by atoms with E-state index in [4.69, 9.17) is 14.3 Å². The highest BCUT2D eigenvalue weighted by Crippen LogP contribution is 2.35. The van der Waals surface area contributed by atoms with Crippen molar-refractivity contribution in [3.8, 4) is 0 Å². The zero-order chi connectivity index (χ0) is 11.6. The van der Waals surface area contributed by atoms with Crippen LogP contribution in [0, 0.1) is 0 Å². The molecule has 1 atom stereocenters. The first-order valence-corrected chi connectivity index (χ1v) is 5.41. The Morgan fingerprint density at radius 3 is 3.12 bits per heavy atom. The van der Waals surface area contributed by atoms with Crippen LogP contribution >= 0.6 is 0 Å². The molecule has 2 heterocycles. The third-order valence-electron chi connectivity index (χ3n) is 2.81. The van der Waals surface area contributed by atoms with Crippen LogP contribution in [0.5, 0.6) is 0 Å². The average Bonchev–Trinajstić information content (AvgIpc) is 2.84. The van der Waals surface area contributed by atoms with E-state index in [-0.39, 0.29) is 6.42 Å². The lowest BCUT2D eigenvalue weighted by Gasteiger charge is -2.18. The van der Waals surface area contributed by atoms with Crippen molar-refractivity contribution in [2.45, 2.75) is 38.2 Å². The van der Waals surface area contributed by atoms with E-state index in [9.17, 15) is 4.79 Å². The molecule has 0 aromatic carbocycles. The summed E-state index contributed by atoms with van der Waals surface area (Å²) in [6.07, 6.45) is 3.92. The molecule has 1 aliphatic rings. The van der Waals surface area contributed by atoms with Gasteiger partial charge in [-0.1, -0.05) is 0 Å². The van der Waals surface area contributed by atoms with Gasteiger partial charge in [0.2, 0.25) is 5.89 Å². The summed E-state index contributed by atoms with van der Waals surface area (Å²) in [7, 11) is 0. The van der Waals surface area contributed by atoms with Crippen molar-refractivity contribution in [3.63, 3.8) is 0 Å². The maximum absolute atomic E-state index is 10.4. The molecule has 1 N–H and O–H groups in total. The van der Waals surface area contributed by atoms with Crippen LogP contribution in [0.3, 0.4) is 0 Å². The van der Waals surface area contributed by atoms with E-state index >= 15 is 0 Å². The molecule has 0 spiro atoms. The van der Waals surface area contributed by atoms with Gasteiger partial charge in [-0.05, 0) is 19.8 Å². The number of hydrogen-bond acceptors (Lipinski definition) is 4. The van der Waals surface area contributed by atoms with Gasteiger partial charge in [0.1, 0.15) is 11.4 Å². The summed E-state index contributed by atoms with van der Waals surface area (Å²) in [5.41, 5.74) is -0.429. The van der Waals surface area contributed by atoms with Crippen molar-refractivity contribution >= 4 is 5.97 Å². The number of ether oxygens (including phenoxy) is 1. The third-order valence-corrected chi connectivity index (χ3v) is 2.81. The largest absolute Gasteiger partial charge is 0.481 e. The first-order chi connectivity index (χ1) is 7.60. The lowest BCUT2D eigenvalue weighted by atomic mass is 10.0. The molecule has 1 aromatic heterocycles. The Kier molecular flexibility index (Phi) is 2.96. The maximum atomic E-state index is 10.4. The van der Waals surface area contributed by atoms with Gasteiger partial charge >= 0.3 is 5.97 Å². The normalized spacial score (nSPS) is 24.8. The molecule has 5 nitrogen and oxygen atoms in total. The predicted octanol–water partition coefficient (Wildman–Crippen LogP) is 1.72. The van der Waals surface area contributed by atoms with Crippen molar-refractivity contribution in [2.24, 2.45) is 0 Å². The summed E-state index contributed by atoms with van der Waals surface area (Å²) >= 11 is 0. The highest BCUT2D eigenvalue weighted by Gasteiger charge is 2.36. The van der Waals surface area contributed by atoms with Crippen molar-refractivity contribution in [3.05, 3.63) is 17.8 Å². The second kappa shape index (κ2) is 4.25. The minimum atomic E-state index is -0.832. The highest BCUT2D eigenvalue weighted by molar-refractivity contribution is 5.66. The van der Waals surface area contributed by atoms with Gasteiger partial charge in [0.25, 0.3) is 0 Å². The van der Waals surface area contributed by atoms with E-state index in [1.54, 1.807) is 6.20 Å². The van der Waals surface area contributed by atoms with E-state index in [1.807, 2.05) is 6.92 Å². The molecule has 5 heteroatoms. The van der Waals surface area contributed by atoms with Gasteiger partial charge in [-0.3, -0.25) is 4.79 Å². The van der Waals surface area contributed by atoms with E-state index in [0.717, 1.165) is 19.4 Å². The van der Waals surface area contributed by atoms with Gasteiger partial charge < -0.3 is 14.3 Å². The monoisotopic (exact) mass is 225 g/mol. The molecule has 2 rings (SSSR count). The number of nitrogens with zero attached hydrogens (tertiary/aromatic N) is 1. The number of carboxylic acids is 1. The molecular weight excluding hydrogens is 210 g/mol. The van der Waals surface area contributed by atoms with Gasteiger partial charge in [0.15, 0.2) is 0 Å². The summed E-state index contributed by atoms with van der Waals surface area (Å²) < 4.78 is 11.1. The number of aryl methyl sites for hydroxylation is 1. The van der Waals surface area contributed by atoms with Gasteiger partial charge in [0, 0.05) is 13.0 Å². The molecule has 1 aromatic rings. The molecular formula is C11H15NO4. The standard InChI is InChI=1S/C11H15NO4/c1-11(5-2-6-15-11)10-12-7-8(16-10)3-4-9(13)14/h7H,2-6H2,1H3,(H,13,14). The zero-order valence-corrected chi connectivity index (χ0v) is 9.23. The van der Waals surface area contributed by atoms with Gasteiger partial charge in [-0.15, -0.1) is 0 Å². The fraction of sp³-hybridized carbons (Fsp3) is 0.636. The van der Waals surface area contributed by atoms with E-state index in [1.165, 1.54) is 0 Å². The topological polar surface area (TPSA) is 72.6 Å². The van der Waals surface area contributed by atoms with Crippen LogP contribution in [0.2, 0.25) is 0 Å². The molecule has 0 amide bonds. The van der Waals surface area contributed by atoms with E-state index in [0.29, 0.717) is 18.1 Å². The van der Waals surface area contributed by atoms with E-state index < -0.39 is 11.6 Å². The Morgan fingerprint density at radius 2 is 2.50 bits per heavy atom. The molecule has 16 heavy (non-hydrogen) atoms. The molecule has 1 aliphatic heterocycles. The Morgan fingerprint density at radius 1 is 1.69 bits per heavy atom. The summed E-state index contributed by atoms with van der Waals surface area (Å²) in [5, 5.41) is 8.56. The lowest BCUT2D eigenvalue weighted by molar-refractivity contribution is -0.137. The number of carboxylic acid groups (broad SMARTS) is 1.